The van der Waals surface area contributed by atoms with E-state index in [9.17, 15) is 9.59 Å². The fourth-order valence-corrected chi connectivity index (χ4v) is 3.76. The van der Waals surface area contributed by atoms with Crippen molar-refractivity contribution in [3.63, 3.8) is 0 Å². The number of nitrogens with zero attached hydrogens (tertiary/aromatic N) is 1. The molecule has 186 valence electrons. The number of rotatable bonds is 7. The Kier molecular flexibility index (Phi) is 6.98. The van der Waals surface area contributed by atoms with Gasteiger partial charge >= 0.3 is 0 Å². The van der Waals surface area contributed by atoms with Gasteiger partial charge in [0.2, 0.25) is 0 Å². The molecule has 0 aliphatic carbocycles. The van der Waals surface area contributed by atoms with Gasteiger partial charge in [-0.05, 0) is 79.2 Å². The third-order valence-corrected chi connectivity index (χ3v) is 5.78. The summed E-state index contributed by atoms with van der Waals surface area (Å²) in [6.45, 7) is 3.16. The van der Waals surface area contributed by atoms with Crippen LogP contribution in [0.25, 0.3) is 0 Å². The molecule has 0 saturated heterocycles. The van der Waals surface area contributed by atoms with E-state index < -0.39 is 0 Å². The summed E-state index contributed by atoms with van der Waals surface area (Å²) in [4.78, 5) is 29.9. The Morgan fingerprint density at radius 1 is 0.838 bits per heavy atom. The second-order valence-electron chi connectivity index (χ2n) is 8.43. The third-order valence-electron chi connectivity index (χ3n) is 5.78. The molecule has 1 aliphatic heterocycles. The van der Waals surface area contributed by atoms with Crippen molar-refractivity contribution in [1.29, 1.82) is 0 Å². The van der Waals surface area contributed by atoms with E-state index in [0.29, 0.717) is 59.6 Å². The van der Waals surface area contributed by atoms with E-state index in [1.165, 1.54) is 0 Å². The number of carbonyl (C=O) groups is 2. The predicted octanol–water partition coefficient (Wildman–Crippen LogP) is 5.24. The van der Waals surface area contributed by atoms with E-state index >= 15 is 0 Å². The maximum atomic E-state index is 12.9. The van der Waals surface area contributed by atoms with Crippen LogP contribution in [0.1, 0.15) is 32.0 Å². The van der Waals surface area contributed by atoms with Crippen LogP contribution in [0.2, 0.25) is 0 Å². The van der Waals surface area contributed by atoms with Crippen molar-refractivity contribution in [1.82, 2.24) is 4.98 Å². The molecule has 0 bridgehead atoms. The quantitative estimate of drug-likeness (QED) is 0.364. The van der Waals surface area contributed by atoms with Crippen LogP contribution in [0, 0.1) is 6.92 Å². The number of aryl methyl sites for hydroxylation is 1. The summed E-state index contributed by atoms with van der Waals surface area (Å²) in [5.74, 6) is 1.25. The number of pyridine rings is 1. The number of fused-ring (bicyclic) bond motifs is 1. The highest BCUT2D eigenvalue weighted by Gasteiger charge is 2.16. The Bertz CT molecular complexity index is 1420. The number of nitrogens with one attached hydrogen (secondary N) is 2. The maximum absolute atomic E-state index is 12.9. The second-order valence-corrected chi connectivity index (χ2v) is 8.43. The van der Waals surface area contributed by atoms with Crippen molar-refractivity contribution in [3.05, 3.63) is 107 Å². The molecule has 0 unspecified atom stereocenters. The van der Waals surface area contributed by atoms with Crippen LogP contribution in [-0.2, 0) is 6.61 Å². The highest BCUT2D eigenvalue weighted by atomic mass is 16.6. The van der Waals surface area contributed by atoms with Crippen LogP contribution >= 0.6 is 0 Å². The van der Waals surface area contributed by atoms with Crippen molar-refractivity contribution >= 4 is 23.2 Å². The molecule has 0 atom stereocenters. The molecule has 0 radical (unpaired) electrons. The van der Waals surface area contributed by atoms with Crippen molar-refractivity contribution in [3.8, 4) is 17.2 Å². The van der Waals surface area contributed by atoms with Gasteiger partial charge in [-0.2, -0.15) is 0 Å². The molecule has 3 aromatic carbocycles. The number of hydrogen-bond acceptors (Lipinski definition) is 6. The molecule has 1 aliphatic rings. The normalized spacial score (nSPS) is 11.9. The van der Waals surface area contributed by atoms with E-state index in [4.69, 9.17) is 14.2 Å². The van der Waals surface area contributed by atoms with Gasteiger partial charge < -0.3 is 24.8 Å². The lowest BCUT2D eigenvalue weighted by molar-refractivity contribution is 0.101. The fourth-order valence-electron chi connectivity index (χ4n) is 3.76. The molecular weight excluding hydrogens is 470 g/mol. The van der Waals surface area contributed by atoms with Crippen LogP contribution in [0.4, 0.5) is 11.4 Å². The zero-order valence-corrected chi connectivity index (χ0v) is 20.2. The first kappa shape index (κ1) is 23.9. The lowest BCUT2D eigenvalue weighted by atomic mass is 10.1. The molecule has 1 aromatic heterocycles. The van der Waals surface area contributed by atoms with E-state index in [0.717, 1.165) is 11.3 Å². The molecule has 37 heavy (non-hydrogen) atoms. The van der Waals surface area contributed by atoms with Crippen LogP contribution in [-0.4, -0.2) is 30.0 Å². The number of anilines is 2. The predicted molar refractivity (Wildman–Crippen MR) is 140 cm³/mol. The highest BCUT2D eigenvalue weighted by molar-refractivity contribution is 6.07. The average molecular weight is 496 g/mol. The van der Waals surface area contributed by atoms with E-state index in [1.54, 1.807) is 60.8 Å². The van der Waals surface area contributed by atoms with Gasteiger partial charge in [-0.3, -0.25) is 14.6 Å². The molecule has 2 amide bonds. The van der Waals surface area contributed by atoms with Crippen LogP contribution < -0.4 is 24.8 Å². The number of ether oxygens (including phenoxy) is 3. The summed E-state index contributed by atoms with van der Waals surface area (Å²) in [6.07, 6.45) is 1.72. The van der Waals surface area contributed by atoms with E-state index in [2.05, 4.69) is 15.6 Å². The zero-order chi connectivity index (χ0) is 25.6. The lowest BCUT2D eigenvalue weighted by Crippen LogP contribution is -2.17. The third kappa shape index (κ3) is 5.87. The number of hydrogen-bond donors (Lipinski definition) is 2. The first-order valence-corrected chi connectivity index (χ1v) is 11.8. The Balaban J connectivity index is 1.22. The van der Waals surface area contributed by atoms with Crippen molar-refractivity contribution in [2.45, 2.75) is 13.5 Å². The Morgan fingerprint density at radius 2 is 1.59 bits per heavy atom. The summed E-state index contributed by atoms with van der Waals surface area (Å²) >= 11 is 0. The first-order chi connectivity index (χ1) is 18.0. The Labute approximate surface area is 214 Å². The van der Waals surface area contributed by atoms with Gasteiger partial charge in [0.1, 0.15) is 25.6 Å². The van der Waals surface area contributed by atoms with Crippen LogP contribution in [0.15, 0.2) is 85.1 Å². The van der Waals surface area contributed by atoms with Crippen LogP contribution in [0.5, 0.6) is 17.2 Å². The second kappa shape index (κ2) is 10.8. The number of benzene rings is 3. The summed E-state index contributed by atoms with van der Waals surface area (Å²) < 4.78 is 16.8. The average Bonchev–Trinajstić information content (AvgIpc) is 2.94. The van der Waals surface area contributed by atoms with E-state index in [1.807, 2.05) is 31.2 Å². The largest absolute Gasteiger partial charge is 0.487 e. The summed E-state index contributed by atoms with van der Waals surface area (Å²) in [5, 5.41) is 5.79. The molecule has 2 heterocycles. The smallest absolute Gasteiger partial charge is 0.255 e. The van der Waals surface area contributed by atoms with Gasteiger partial charge in [-0.1, -0.05) is 12.1 Å². The number of aromatic nitrogens is 1. The van der Waals surface area contributed by atoms with Crippen molar-refractivity contribution in [2.75, 3.05) is 23.8 Å². The minimum atomic E-state index is -0.292. The molecule has 2 N–H and O–H groups in total. The van der Waals surface area contributed by atoms with Gasteiger partial charge in [0.25, 0.3) is 11.8 Å². The minimum Gasteiger partial charge on any atom is -0.487 e. The topological polar surface area (TPSA) is 98.8 Å². The lowest BCUT2D eigenvalue weighted by Gasteiger charge is -2.18. The molecular formula is C29H25N3O5. The Hall–Kier alpha value is -4.85. The SMILES string of the molecule is Cc1ccc(NC(=O)c2ccc3c(c2)OCCO3)cc1NC(=O)c1ccc(OCc2ccccn2)cc1. The maximum Gasteiger partial charge on any atom is 0.255 e. The van der Waals surface area contributed by atoms with Crippen molar-refractivity contribution in [2.24, 2.45) is 0 Å². The molecule has 5 rings (SSSR count). The number of amides is 2. The van der Waals surface area contributed by atoms with Crippen molar-refractivity contribution < 1.29 is 23.8 Å². The van der Waals surface area contributed by atoms with Gasteiger partial charge in [0.15, 0.2) is 11.5 Å². The van der Waals surface area contributed by atoms with Crippen LogP contribution in [0.3, 0.4) is 0 Å². The molecule has 4 aromatic rings. The van der Waals surface area contributed by atoms with Gasteiger partial charge in [0, 0.05) is 28.7 Å². The highest BCUT2D eigenvalue weighted by Crippen LogP contribution is 2.31. The number of carbonyl (C=O) groups excluding carboxylic acids is 2. The Morgan fingerprint density at radius 3 is 2.38 bits per heavy atom. The molecule has 8 nitrogen and oxygen atoms in total. The van der Waals surface area contributed by atoms with Gasteiger partial charge in [-0.25, -0.2) is 0 Å². The summed E-state index contributed by atoms with van der Waals surface area (Å²) in [7, 11) is 0. The first-order valence-electron chi connectivity index (χ1n) is 11.8. The van der Waals surface area contributed by atoms with Gasteiger partial charge in [-0.15, -0.1) is 0 Å². The molecule has 0 saturated carbocycles. The summed E-state index contributed by atoms with van der Waals surface area (Å²) in [6, 6.07) is 22.9. The molecule has 8 heteroatoms. The fraction of sp³-hybridized carbons (Fsp3) is 0.138. The monoisotopic (exact) mass is 495 g/mol. The molecule has 0 spiro atoms. The minimum absolute atomic E-state index is 0.269. The zero-order valence-electron chi connectivity index (χ0n) is 20.2. The van der Waals surface area contributed by atoms with Gasteiger partial charge in [0.05, 0.1) is 5.69 Å². The summed E-state index contributed by atoms with van der Waals surface area (Å²) in [5.41, 5.74) is 3.76. The molecule has 0 fully saturated rings. The standard InChI is InChI=1S/C29H25N3O5/c1-19-5-9-22(31-29(34)21-8-12-26-27(16-21)36-15-14-35-26)17-25(19)32-28(33)20-6-10-24(11-7-20)37-18-23-4-2-3-13-30-23/h2-13,16-17H,14-15,18H2,1H3,(H,31,34)(H,32,33). The van der Waals surface area contributed by atoms with E-state index in [-0.39, 0.29) is 11.8 Å².